The number of pyridine rings is 1. The predicted molar refractivity (Wildman–Crippen MR) is 122 cm³/mol. The molecule has 4 rings (SSSR count). The van der Waals surface area contributed by atoms with Crippen molar-refractivity contribution in [2.45, 2.75) is 38.2 Å². The highest BCUT2D eigenvalue weighted by molar-refractivity contribution is 6.31. The molecule has 4 aromatic rings. The molecule has 2 heterocycles. The van der Waals surface area contributed by atoms with Crippen molar-refractivity contribution in [2.24, 2.45) is 0 Å². The maximum absolute atomic E-state index is 13.3. The van der Waals surface area contributed by atoms with E-state index >= 15 is 0 Å². The summed E-state index contributed by atoms with van der Waals surface area (Å²) in [5.74, 6) is 0. The summed E-state index contributed by atoms with van der Waals surface area (Å²) in [6.45, 7) is -0.339. The second kappa shape index (κ2) is 10.3. The van der Waals surface area contributed by atoms with Crippen molar-refractivity contribution < 1.29 is 26.3 Å². The number of nitrogens with zero attached hydrogens (tertiary/aromatic N) is 4. The second-order valence-electron chi connectivity index (χ2n) is 8.14. The normalized spacial score (nSPS) is 12.2. The summed E-state index contributed by atoms with van der Waals surface area (Å²) < 4.78 is 81.2. The molecule has 2 aromatic carbocycles. The number of aromatic nitrogens is 4. The van der Waals surface area contributed by atoms with E-state index in [1.165, 1.54) is 4.68 Å². The van der Waals surface area contributed by atoms with Crippen molar-refractivity contribution in [1.29, 1.82) is 0 Å². The first kappa shape index (κ1) is 25.7. The molecule has 0 aliphatic carbocycles. The molecule has 0 N–H and O–H groups in total. The lowest BCUT2D eigenvalue weighted by Crippen LogP contribution is -2.13. The summed E-state index contributed by atoms with van der Waals surface area (Å²) in [6, 6.07) is 12.3. The van der Waals surface area contributed by atoms with Crippen molar-refractivity contribution in [3.8, 4) is 11.3 Å². The van der Waals surface area contributed by atoms with Gasteiger partial charge in [-0.3, -0.25) is 4.98 Å². The lowest BCUT2D eigenvalue weighted by atomic mass is 10.0. The van der Waals surface area contributed by atoms with Gasteiger partial charge in [-0.1, -0.05) is 35.0 Å². The first-order chi connectivity index (χ1) is 17.0. The first-order valence-corrected chi connectivity index (χ1v) is 11.2. The minimum atomic E-state index is -4.94. The fourth-order valence-electron chi connectivity index (χ4n) is 3.88. The van der Waals surface area contributed by atoms with E-state index in [1.807, 2.05) is 18.2 Å². The van der Waals surface area contributed by atoms with E-state index in [0.29, 0.717) is 53.4 Å². The summed E-state index contributed by atoms with van der Waals surface area (Å²) in [4.78, 5) is 4.08. The van der Waals surface area contributed by atoms with Crippen LogP contribution in [0.2, 0.25) is 5.02 Å². The van der Waals surface area contributed by atoms with Crippen LogP contribution in [0.5, 0.6) is 0 Å². The Kier molecular flexibility index (Phi) is 7.35. The van der Waals surface area contributed by atoms with Gasteiger partial charge in [0.25, 0.3) is 0 Å². The van der Waals surface area contributed by atoms with E-state index in [4.69, 9.17) is 11.6 Å². The van der Waals surface area contributed by atoms with E-state index in [2.05, 4.69) is 15.3 Å². The highest BCUT2D eigenvalue weighted by Crippen LogP contribution is 2.37. The molecule has 36 heavy (non-hydrogen) atoms. The lowest BCUT2D eigenvalue weighted by Gasteiger charge is -2.15. The van der Waals surface area contributed by atoms with Crippen LogP contribution in [0.1, 0.15) is 34.4 Å². The van der Waals surface area contributed by atoms with Gasteiger partial charge < -0.3 is 0 Å². The fourth-order valence-corrected chi connectivity index (χ4v) is 4.11. The minimum Gasteiger partial charge on any atom is -0.264 e. The van der Waals surface area contributed by atoms with Crippen LogP contribution in [0, 0.1) is 0 Å². The molecule has 0 unspecified atom stereocenters. The Balaban J connectivity index is 1.67. The van der Waals surface area contributed by atoms with Crippen LogP contribution in [0.15, 0.2) is 67.0 Å². The Bertz CT molecular complexity index is 1300. The number of hydrogen-bond donors (Lipinski definition) is 0. The molecular formula is C25H19ClF6N4. The van der Waals surface area contributed by atoms with Gasteiger partial charge in [-0.15, -0.1) is 5.10 Å². The van der Waals surface area contributed by atoms with Gasteiger partial charge in [0.2, 0.25) is 0 Å². The number of benzene rings is 2. The molecule has 0 bridgehead atoms. The molecule has 0 aliphatic heterocycles. The quantitative estimate of drug-likeness (QED) is 0.239. The molecule has 0 fully saturated rings. The molecule has 0 atom stereocenters. The van der Waals surface area contributed by atoms with Crippen LogP contribution in [0.3, 0.4) is 0 Å². The molecule has 4 nitrogen and oxygen atoms in total. The third kappa shape index (κ3) is 6.04. The zero-order valence-electron chi connectivity index (χ0n) is 18.6. The van der Waals surface area contributed by atoms with E-state index in [-0.39, 0.29) is 18.2 Å². The summed E-state index contributed by atoms with van der Waals surface area (Å²) >= 11 is 6.22. The van der Waals surface area contributed by atoms with Crippen molar-refractivity contribution in [2.75, 3.05) is 0 Å². The Morgan fingerprint density at radius 3 is 2.14 bits per heavy atom. The summed E-state index contributed by atoms with van der Waals surface area (Å²) in [6.07, 6.45) is -5.01. The van der Waals surface area contributed by atoms with Gasteiger partial charge in [0.15, 0.2) is 0 Å². The minimum absolute atomic E-state index is 0.104. The maximum atomic E-state index is 13.3. The highest BCUT2D eigenvalue weighted by Gasteiger charge is 2.37. The number of aryl methyl sites for hydroxylation is 2. The van der Waals surface area contributed by atoms with Gasteiger partial charge in [0.1, 0.15) is 0 Å². The molecule has 11 heteroatoms. The summed E-state index contributed by atoms with van der Waals surface area (Å²) in [5.41, 5.74) is -0.372. The van der Waals surface area contributed by atoms with Crippen LogP contribution in [0.25, 0.3) is 11.3 Å². The lowest BCUT2D eigenvalue weighted by molar-refractivity contribution is -0.143. The Hall–Kier alpha value is -3.40. The average Bonchev–Trinajstić information content (AvgIpc) is 3.21. The number of alkyl halides is 6. The van der Waals surface area contributed by atoms with Gasteiger partial charge >= 0.3 is 12.4 Å². The van der Waals surface area contributed by atoms with Crippen molar-refractivity contribution >= 4 is 11.6 Å². The molecule has 0 amide bonds. The smallest absolute Gasteiger partial charge is 0.264 e. The van der Waals surface area contributed by atoms with Gasteiger partial charge in [0, 0.05) is 23.0 Å². The molecule has 0 radical (unpaired) electrons. The van der Waals surface area contributed by atoms with E-state index < -0.39 is 23.5 Å². The van der Waals surface area contributed by atoms with Crippen LogP contribution < -0.4 is 0 Å². The number of rotatable bonds is 7. The average molecular weight is 525 g/mol. The van der Waals surface area contributed by atoms with Gasteiger partial charge in [0.05, 0.1) is 29.1 Å². The number of halogens is 7. The second-order valence-corrected chi connectivity index (χ2v) is 8.55. The SMILES string of the molecule is FC(F)(F)c1cc(Cn2nnc(CCCc3ccccc3Cl)c2-c2cccnc2)cc(C(F)(F)F)c1. The van der Waals surface area contributed by atoms with Gasteiger partial charge in [-0.25, -0.2) is 4.68 Å². The third-order valence-corrected chi connectivity index (χ3v) is 5.91. The summed E-state index contributed by atoms with van der Waals surface area (Å²) in [5, 5.41) is 8.90. The van der Waals surface area contributed by atoms with Crippen LogP contribution in [0.4, 0.5) is 26.3 Å². The van der Waals surface area contributed by atoms with E-state index in [1.54, 1.807) is 30.6 Å². The molecule has 188 valence electrons. The first-order valence-electron chi connectivity index (χ1n) is 10.9. The standard InChI is InChI=1S/C25H19ClF6N4/c26-21-8-2-1-5-17(21)6-3-9-22-23(18-7-4-10-33-14-18)36(35-34-22)15-16-11-19(24(27,28)29)13-20(12-16)25(30,31)32/h1-2,4-5,7-8,10-14H,3,6,9,15H2. The van der Waals surface area contributed by atoms with Gasteiger partial charge in [-0.2, -0.15) is 26.3 Å². The largest absolute Gasteiger partial charge is 0.416 e. The fraction of sp³-hybridized carbons (Fsp3) is 0.240. The predicted octanol–water partition coefficient (Wildman–Crippen LogP) is 7.25. The third-order valence-electron chi connectivity index (χ3n) is 5.54. The van der Waals surface area contributed by atoms with Crippen molar-refractivity contribution in [3.05, 3.63) is 100.0 Å². The molecule has 0 spiro atoms. The van der Waals surface area contributed by atoms with Gasteiger partial charge in [-0.05, 0) is 66.8 Å². The Labute approximate surface area is 207 Å². The van der Waals surface area contributed by atoms with Crippen LogP contribution >= 0.6 is 11.6 Å². The molecule has 2 aromatic heterocycles. The van der Waals surface area contributed by atoms with Crippen LogP contribution in [-0.4, -0.2) is 20.0 Å². The van der Waals surface area contributed by atoms with E-state index in [9.17, 15) is 26.3 Å². The maximum Gasteiger partial charge on any atom is 0.416 e. The Morgan fingerprint density at radius 1 is 0.833 bits per heavy atom. The topological polar surface area (TPSA) is 43.6 Å². The molecular weight excluding hydrogens is 506 g/mol. The van der Waals surface area contributed by atoms with Crippen molar-refractivity contribution in [3.63, 3.8) is 0 Å². The summed E-state index contributed by atoms with van der Waals surface area (Å²) in [7, 11) is 0. The molecule has 0 saturated carbocycles. The molecule has 0 saturated heterocycles. The monoisotopic (exact) mass is 524 g/mol. The van der Waals surface area contributed by atoms with Crippen LogP contribution in [-0.2, 0) is 31.7 Å². The number of hydrogen-bond acceptors (Lipinski definition) is 3. The highest BCUT2D eigenvalue weighted by atomic mass is 35.5. The molecule has 0 aliphatic rings. The van der Waals surface area contributed by atoms with E-state index in [0.717, 1.165) is 5.56 Å². The zero-order valence-corrected chi connectivity index (χ0v) is 19.4. The zero-order chi connectivity index (χ0) is 25.9. The Morgan fingerprint density at radius 2 is 1.53 bits per heavy atom. The van der Waals surface area contributed by atoms with Crippen molar-refractivity contribution in [1.82, 2.24) is 20.0 Å².